The maximum Gasteiger partial charge on any atom is 0.213 e. The number of nitrogens with two attached hydrogens (primary N) is 1. The SMILES string of the molecule is COc1cc(Nc2cc(C)c(N)cn2)nn1C. The molecule has 0 amide bonds. The van der Waals surface area contributed by atoms with Gasteiger partial charge in [0, 0.05) is 13.1 Å². The summed E-state index contributed by atoms with van der Waals surface area (Å²) >= 11 is 0. The van der Waals surface area contributed by atoms with E-state index < -0.39 is 0 Å². The smallest absolute Gasteiger partial charge is 0.213 e. The minimum Gasteiger partial charge on any atom is -0.481 e. The number of hydrogen-bond donors (Lipinski definition) is 2. The highest BCUT2D eigenvalue weighted by Crippen LogP contribution is 2.20. The molecule has 2 rings (SSSR count). The Labute approximate surface area is 99.4 Å². The number of nitrogen functional groups attached to an aromatic ring is 1. The molecule has 0 aliphatic carbocycles. The quantitative estimate of drug-likeness (QED) is 0.839. The average molecular weight is 233 g/mol. The summed E-state index contributed by atoms with van der Waals surface area (Å²) in [6.45, 7) is 1.93. The van der Waals surface area contributed by atoms with Crippen LogP contribution < -0.4 is 15.8 Å². The summed E-state index contributed by atoms with van der Waals surface area (Å²) in [5, 5.41) is 7.33. The van der Waals surface area contributed by atoms with Crippen LogP contribution in [0.4, 0.5) is 17.3 Å². The van der Waals surface area contributed by atoms with Crippen LogP contribution in [0.25, 0.3) is 0 Å². The second kappa shape index (κ2) is 4.32. The van der Waals surface area contributed by atoms with Gasteiger partial charge in [0.1, 0.15) is 5.82 Å². The van der Waals surface area contributed by atoms with Gasteiger partial charge in [0.2, 0.25) is 5.88 Å². The largest absolute Gasteiger partial charge is 0.481 e. The molecule has 2 heterocycles. The van der Waals surface area contributed by atoms with Crippen molar-refractivity contribution in [1.29, 1.82) is 0 Å². The Kier molecular flexibility index (Phi) is 2.86. The van der Waals surface area contributed by atoms with Gasteiger partial charge in [-0.05, 0) is 18.6 Å². The van der Waals surface area contributed by atoms with Crippen LogP contribution in [0.3, 0.4) is 0 Å². The van der Waals surface area contributed by atoms with Gasteiger partial charge in [-0.3, -0.25) is 0 Å². The molecule has 3 N–H and O–H groups in total. The summed E-state index contributed by atoms with van der Waals surface area (Å²) in [5.74, 6) is 2.07. The molecule has 2 aromatic rings. The standard InChI is InChI=1S/C11H15N5O/c1-7-4-9(13-6-8(7)12)14-10-5-11(17-3)16(2)15-10/h4-6H,12H2,1-3H3,(H,13,14,15). The van der Waals surface area contributed by atoms with E-state index in [1.54, 1.807) is 24.1 Å². The number of rotatable bonds is 3. The number of nitrogens with one attached hydrogen (secondary N) is 1. The molecule has 6 nitrogen and oxygen atoms in total. The van der Waals surface area contributed by atoms with E-state index in [0.717, 1.165) is 5.56 Å². The fourth-order valence-electron chi connectivity index (χ4n) is 1.47. The second-order valence-electron chi connectivity index (χ2n) is 3.75. The maximum atomic E-state index is 5.70. The summed E-state index contributed by atoms with van der Waals surface area (Å²) in [6, 6.07) is 3.67. The lowest BCUT2D eigenvalue weighted by molar-refractivity contribution is 0.373. The Hall–Kier alpha value is -2.24. The molecule has 6 heteroatoms. The molecule has 17 heavy (non-hydrogen) atoms. The lowest BCUT2D eigenvalue weighted by Gasteiger charge is -2.04. The van der Waals surface area contributed by atoms with Gasteiger partial charge in [0.05, 0.1) is 19.0 Å². The topological polar surface area (TPSA) is 78.0 Å². The zero-order valence-corrected chi connectivity index (χ0v) is 10.1. The molecule has 0 atom stereocenters. The molecular weight excluding hydrogens is 218 g/mol. The van der Waals surface area contributed by atoms with Gasteiger partial charge in [-0.15, -0.1) is 0 Å². The summed E-state index contributed by atoms with van der Waals surface area (Å²) < 4.78 is 6.77. The number of anilines is 3. The highest BCUT2D eigenvalue weighted by molar-refractivity contribution is 5.57. The first kappa shape index (κ1) is 11.3. The lowest BCUT2D eigenvalue weighted by Crippen LogP contribution is -1.98. The highest BCUT2D eigenvalue weighted by atomic mass is 16.5. The molecule has 0 unspecified atom stereocenters. The van der Waals surface area contributed by atoms with Crippen LogP contribution >= 0.6 is 0 Å². The van der Waals surface area contributed by atoms with Crippen molar-refractivity contribution in [3.05, 3.63) is 23.9 Å². The molecule has 0 radical (unpaired) electrons. The van der Waals surface area contributed by atoms with Crippen LogP contribution in [0.15, 0.2) is 18.3 Å². The van der Waals surface area contributed by atoms with Crippen molar-refractivity contribution in [1.82, 2.24) is 14.8 Å². The van der Waals surface area contributed by atoms with Gasteiger partial charge in [0.25, 0.3) is 0 Å². The minimum atomic E-state index is 0.675. The number of pyridine rings is 1. The van der Waals surface area contributed by atoms with Crippen molar-refractivity contribution in [2.45, 2.75) is 6.92 Å². The third-order valence-electron chi connectivity index (χ3n) is 2.45. The van der Waals surface area contributed by atoms with Crippen LogP contribution in [0, 0.1) is 6.92 Å². The summed E-state index contributed by atoms with van der Waals surface area (Å²) in [6.07, 6.45) is 1.62. The number of aryl methyl sites for hydroxylation is 2. The number of ether oxygens (including phenoxy) is 1. The van der Waals surface area contributed by atoms with Gasteiger partial charge in [-0.1, -0.05) is 0 Å². The van der Waals surface area contributed by atoms with Crippen molar-refractivity contribution in [2.24, 2.45) is 7.05 Å². The molecule has 2 aromatic heterocycles. The molecule has 0 aliphatic heterocycles. The van der Waals surface area contributed by atoms with Crippen LogP contribution in [0.2, 0.25) is 0 Å². The van der Waals surface area contributed by atoms with Crippen LogP contribution in [-0.2, 0) is 7.05 Å². The summed E-state index contributed by atoms with van der Waals surface area (Å²) in [7, 11) is 3.41. The minimum absolute atomic E-state index is 0.675. The lowest BCUT2D eigenvalue weighted by atomic mass is 10.2. The van der Waals surface area contributed by atoms with Gasteiger partial charge in [0.15, 0.2) is 5.82 Å². The number of nitrogens with zero attached hydrogens (tertiary/aromatic N) is 3. The molecular formula is C11H15N5O. The third-order valence-corrected chi connectivity index (χ3v) is 2.45. The summed E-state index contributed by atoms with van der Waals surface area (Å²) in [5.41, 5.74) is 7.35. The van der Waals surface area contributed by atoms with Gasteiger partial charge >= 0.3 is 0 Å². The van der Waals surface area contributed by atoms with Crippen molar-refractivity contribution in [2.75, 3.05) is 18.2 Å². The molecule has 0 saturated heterocycles. The van der Waals surface area contributed by atoms with E-state index in [0.29, 0.717) is 23.2 Å². The van der Waals surface area contributed by atoms with E-state index in [-0.39, 0.29) is 0 Å². The Balaban J connectivity index is 2.22. The Morgan fingerprint density at radius 3 is 2.71 bits per heavy atom. The first-order chi connectivity index (χ1) is 8.10. The van der Waals surface area contributed by atoms with Crippen molar-refractivity contribution < 1.29 is 4.74 Å². The first-order valence-electron chi connectivity index (χ1n) is 5.17. The van der Waals surface area contributed by atoms with Gasteiger partial charge in [-0.2, -0.15) is 5.10 Å². The average Bonchev–Trinajstić information content (AvgIpc) is 2.64. The predicted octanol–water partition coefficient (Wildman–Crippen LogP) is 1.46. The Morgan fingerprint density at radius 1 is 1.35 bits per heavy atom. The Morgan fingerprint density at radius 2 is 2.12 bits per heavy atom. The number of hydrogen-bond acceptors (Lipinski definition) is 5. The second-order valence-corrected chi connectivity index (χ2v) is 3.75. The molecule has 0 aliphatic rings. The van der Waals surface area contributed by atoms with E-state index in [1.165, 1.54) is 0 Å². The van der Waals surface area contributed by atoms with E-state index in [2.05, 4.69) is 15.4 Å². The zero-order chi connectivity index (χ0) is 12.4. The number of methoxy groups -OCH3 is 1. The van der Waals surface area contributed by atoms with Crippen molar-refractivity contribution in [3.8, 4) is 5.88 Å². The number of aromatic nitrogens is 3. The molecule has 0 spiro atoms. The highest BCUT2D eigenvalue weighted by Gasteiger charge is 2.06. The third kappa shape index (κ3) is 2.30. The van der Waals surface area contributed by atoms with E-state index >= 15 is 0 Å². The van der Waals surface area contributed by atoms with Crippen LogP contribution in [0.1, 0.15) is 5.56 Å². The van der Waals surface area contributed by atoms with E-state index in [4.69, 9.17) is 10.5 Å². The maximum absolute atomic E-state index is 5.70. The molecule has 0 aromatic carbocycles. The van der Waals surface area contributed by atoms with Crippen LogP contribution in [0.5, 0.6) is 5.88 Å². The Bertz CT molecular complexity index is 535. The predicted molar refractivity (Wildman–Crippen MR) is 66.4 cm³/mol. The first-order valence-corrected chi connectivity index (χ1v) is 5.17. The van der Waals surface area contributed by atoms with Gasteiger partial charge < -0.3 is 15.8 Å². The normalized spacial score (nSPS) is 10.3. The molecule has 90 valence electrons. The van der Waals surface area contributed by atoms with E-state index in [1.807, 2.05) is 20.0 Å². The van der Waals surface area contributed by atoms with E-state index in [9.17, 15) is 0 Å². The monoisotopic (exact) mass is 233 g/mol. The molecule has 0 saturated carbocycles. The van der Waals surface area contributed by atoms with Crippen LogP contribution in [-0.4, -0.2) is 21.9 Å². The van der Waals surface area contributed by atoms with Crippen molar-refractivity contribution >= 4 is 17.3 Å². The molecule has 0 bridgehead atoms. The van der Waals surface area contributed by atoms with Gasteiger partial charge in [-0.25, -0.2) is 9.67 Å². The summed E-state index contributed by atoms with van der Waals surface area (Å²) in [4.78, 5) is 4.17. The zero-order valence-electron chi connectivity index (χ0n) is 10.1. The fraction of sp³-hybridized carbons (Fsp3) is 0.273. The molecule has 0 fully saturated rings. The van der Waals surface area contributed by atoms with Crippen molar-refractivity contribution in [3.63, 3.8) is 0 Å². The fourth-order valence-corrected chi connectivity index (χ4v) is 1.47.